The maximum absolute atomic E-state index is 12.8. The monoisotopic (exact) mass is 927 g/mol. The molecular weight excluding hydrogens is 817 g/mol. The van der Waals surface area contributed by atoms with Crippen molar-refractivity contribution in [2.75, 3.05) is 13.2 Å². The smallest absolute Gasteiger partial charge is 0.306 e. The van der Waals surface area contributed by atoms with Gasteiger partial charge in [0.05, 0.1) is 0 Å². The van der Waals surface area contributed by atoms with Crippen LogP contribution in [0, 0.1) is 0 Å². The van der Waals surface area contributed by atoms with Crippen molar-refractivity contribution in [1.29, 1.82) is 0 Å². The third-order valence-electron chi connectivity index (χ3n) is 12.9. The zero-order valence-corrected chi connectivity index (χ0v) is 44.2. The van der Waals surface area contributed by atoms with Crippen molar-refractivity contribution in [3.8, 4) is 0 Å². The Morgan fingerprint density at radius 3 is 0.879 bits per heavy atom. The zero-order valence-electron chi connectivity index (χ0n) is 44.2. The van der Waals surface area contributed by atoms with E-state index in [9.17, 15) is 14.4 Å². The molecule has 6 heteroatoms. The van der Waals surface area contributed by atoms with Crippen LogP contribution in [0.2, 0.25) is 0 Å². The average Bonchev–Trinajstić information content (AvgIpc) is 3.31. The van der Waals surface area contributed by atoms with Crippen LogP contribution in [0.5, 0.6) is 0 Å². The summed E-state index contributed by atoms with van der Waals surface area (Å²) in [6, 6.07) is 0. The lowest BCUT2D eigenvalue weighted by Crippen LogP contribution is -2.30. The third kappa shape index (κ3) is 52.6. The molecule has 1 atom stereocenters. The van der Waals surface area contributed by atoms with Crippen LogP contribution in [0.15, 0.2) is 36.5 Å². The summed E-state index contributed by atoms with van der Waals surface area (Å²) in [5.74, 6) is -0.864. The standard InChI is InChI=1S/C60H110O6/c1-4-7-10-13-16-19-22-25-27-29-30-32-33-35-38-41-44-47-50-53-59(62)65-56-57(55-64-58(61)52-49-46-43-40-37-24-21-18-15-12-9-6-3)66-60(63)54-51-48-45-42-39-36-34-31-28-26-23-20-17-14-11-8-5-2/h16,19,25-28,57H,4-15,17-18,20-24,29-56H2,1-3H3/b19-16-,27-25-,28-26-. The van der Waals surface area contributed by atoms with E-state index in [0.717, 1.165) is 64.2 Å². The van der Waals surface area contributed by atoms with E-state index < -0.39 is 6.10 Å². The van der Waals surface area contributed by atoms with Gasteiger partial charge in [-0.1, -0.05) is 250 Å². The molecule has 0 aliphatic carbocycles. The first-order chi connectivity index (χ1) is 32.5. The van der Waals surface area contributed by atoms with Gasteiger partial charge < -0.3 is 14.2 Å². The lowest BCUT2D eigenvalue weighted by atomic mass is 10.0. The summed E-state index contributed by atoms with van der Waals surface area (Å²) in [4.78, 5) is 38.1. The molecule has 1 unspecified atom stereocenters. The second-order valence-electron chi connectivity index (χ2n) is 19.6. The van der Waals surface area contributed by atoms with Crippen LogP contribution in [0.25, 0.3) is 0 Å². The molecule has 0 aromatic carbocycles. The largest absolute Gasteiger partial charge is 0.462 e. The first-order valence-corrected chi connectivity index (χ1v) is 29.0. The van der Waals surface area contributed by atoms with E-state index >= 15 is 0 Å². The fourth-order valence-electron chi connectivity index (χ4n) is 8.47. The van der Waals surface area contributed by atoms with E-state index in [-0.39, 0.29) is 31.1 Å². The minimum Gasteiger partial charge on any atom is -0.462 e. The fraction of sp³-hybridized carbons (Fsp3) is 0.850. The highest BCUT2D eigenvalue weighted by Crippen LogP contribution is 2.16. The van der Waals surface area contributed by atoms with Crippen LogP contribution in [0.1, 0.15) is 310 Å². The van der Waals surface area contributed by atoms with Crippen LogP contribution in [0.3, 0.4) is 0 Å². The van der Waals surface area contributed by atoms with Gasteiger partial charge in [-0.3, -0.25) is 14.4 Å². The van der Waals surface area contributed by atoms with Crippen LogP contribution >= 0.6 is 0 Å². The molecule has 0 amide bonds. The van der Waals surface area contributed by atoms with Gasteiger partial charge in [-0.15, -0.1) is 0 Å². The van der Waals surface area contributed by atoms with E-state index in [4.69, 9.17) is 14.2 Å². The summed E-state index contributed by atoms with van der Waals surface area (Å²) >= 11 is 0. The molecule has 0 saturated carbocycles. The number of carbonyl (C=O) groups excluding carboxylic acids is 3. The van der Waals surface area contributed by atoms with Gasteiger partial charge in [-0.25, -0.2) is 0 Å². The second kappa shape index (κ2) is 55.2. The van der Waals surface area contributed by atoms with E-state index in [1.807, 2.05) is 0 Å². The van der Waals surface area contributed by atoms with Crippen molar-refractivity contribution in [2.45, 2.75) is 316 Å². The van der Waals surface area contributed by atoms with Crippen LogP contribution in [-0.2, 0) is 28.6 Å². The Balaban J connectivity index is 4.32. The first kappa shape index (κ1) is 63.6. The molecule has 0 rings (SSSR count). The number of unbranched alkanes of at least 4 members (excludes halogenated alkanes) is 36. The normalized spacial score (nSPS) is 12.2. The van der Waals surface area contributed by atoms with Gasteiger partial charge in [0, 0.05) is 19.3 Å². The van der Waals surface area contributed by atoms with E-state index in [1.165, 1.54) is 205 Å². The molecule has 0 aliphatic rings. The topological polar surface area (TPSA) is 78.9 Å². The molecule has 0 aliphatic heterocycles. The SMILES string of the molecule is CCCCC/C=C\C/C=C\CCCCCCCCCCCC(=O)OCC(COC(=O)CCCCCCCCCCCCCC)OC(=O)CCCCCCCCC/C=C\CCCCCCCC. The number of allylic oxidation sites excluding steroid dienone is 6. The zero-order chi connectivity index (χ0) is 47.9. The Kier molecular flexibility index (Phi) is 53.2. The minimum atomic E-state index is -0.773. The molecule has 0 aromatic rings. The van der Waals surface area contributed by atoms with Gasteiger partial charge in [-0.05, 0) is 77.0 Å². The summed E-state index contributed by atoms with van der Waals surface area (Å²) in [6.45, 7) is 6.64. The quantitative estimate of drug-likeness (QED) is 0.0262. The van der Waals surface area contributed by atoms with Crippen molar-refractivity contribution < 1.29 is 28.6 Å². The Morgan fingerprint density at radius 1 is 0.303 bits per heavy atom. The molecule has 66 heavy (non-hydrogen) atoms. The molecule has 0 spiro atoms. The highest BCUT2D eigenvalue weighted by atomic mass is 16.6. The van der Waals surface area contributed by atoms with Crippen molar-refractivity contribution in [2.24, 2.45) is 0 Å². The van der Waals surface area contributed by atoms with Gasteiger partial charge in [0.15, 0.2) is 6.10 Å². The van der Waals surface area contributed by atoms with Crippen molar-refractivity contribution >= 4 is 17.9 Å². The van der Waals surface area contributed by atoms with Crippen molar-refractivity contribution in [3.63, 3.8) is 0 Å². The van der Waals surface area contributed by atoms with Crippen molar-refractivity contribution in [1.82, 2.24) is 0 Å². The van der Waals surface area contributed by atoms with E-state index in [2.05, 4.69) is 57.2 Å². The first-order valence-electron chi connectivity index (χ1n) is 29.0. The van der Waals surface area contributed by atoms with Crippen LogP contribution < -0.4 is 0 Å². The summed E-state index contributed by atoms with van der Waals surface area (Å²) < 4.78 is 16.9. The number of esters is 3. The van der Waals surface area contributed by atoms with Gasteiger partial charge >= 0.3 is 17.9 Å². The third-order valence-corrected chi connectivity index (χ3v) is 12.9. The minimum absolute atomic E-state index is 0.0715. The van der Waals surface area contributed by atoms with Crippen molar-refractivity contribution in [3.05, 3.63) is 36.5 Å². The lowest BCUT2D eigenvalue weighted by Gasteiger charge is -2.18. The van der Waals surface area contributed by atoms with Crippen LogP contribution in [-0.4, -0.2) is 37.2 Å². The molecule has 0 radical (unpaired) electrons. The number of hydrogen-bond donors (Lipinski definition) is 0. The molecule has 0 saturated heterocycles. The van der Waals surface area contributed by atoms with E-state index in [0.29, 0.717) is 19.3 Å². The summed E-state index contributed by atoms with van der Waals surface area (Å²) in [5.41, 5.74) is 0. The molecular formula is C60H110O6. The number of ether oxygens (including phenoxy) is 3. The number of carbonyl (C=O) groups is 3. The predicted octanol–water partition coefficient (Wildman–Crippen LogP) is 19.3. The highest BCUT2D eigenvalue weighted by molar-refractivity contribution is 5.71. The number of rotatable bonds is 53. The maximum atomic E-state index is 12.8. The number of hydrogen-bond acceptors (Lipinski definition) is 6. The molecule has 0 fully saturated rings. The van der Waals surface area contributed by atoms with Crippen LogP contribution in [0.4, 0.5) is 0 Å². The highest BCUT2D eigenvalue weighted by Gasteiger charge is 2.19. The lowest BCUT2D eigenvalue weighted by molar-refractivity contribution is -0.167. The fourth-order valence-corrected chi connectivity index (χ4v) is 8.47. The van der Waals surface area contributed by atoms with Gasteiger partial charge in [-0.2, -0.15) is 0 Å². The Hall–Kier alpha value is -2.37. The van der Waals surface area contributed by atoms with E-state index in [1.54, 1.807) is 0 Å². The maximum Gasteiger partial charge on any atom is 0.306 e. The van der Waals surface area contributed by atoms with Gasteiger partial charge in [0.25, 0.3) is 0 Å². The Bertz CT molecular complexity index is 1110. The molecule has 0 heterocycles. The summed E-state index contributed by atoms with van der Waals surface area (Å²) in [5, 5.41) is 0. The molecule has 386 valence electrons. The second-order valence-corrected chi connectivity index (χ2v) is 19.6. The molecule has 0 aromatic heterocycles. The Morgan fingerprint density at radius 2 is 0.545 bits per heavy atom. The molecule has 0 bridgehead atoms. The molecule has 0 N–H and O–H groups in total. The summed E-state index contributed by atoms with van der Waals surface area (Å²) in [7, 11) is 0. The van der Waals surface area contributed by atoms with Gasteiger partial charge in [0.1, 0.15) is 13.2 Å². The summed E-state index contributed by atoms with van der Waals surface area (Å²) in [6.07, 6.45) is 65.6. The average molecular weight is 928 g/mol. The Labute approximate surface area is 410 Å². The van der Waals surface area contributed by atoms with Gasteiger partial charge in [0.2, 0.25) is 0 Å². The molecule has 6 nitrogen and oxygen atoms in total. The predicted molar refractivity (Wildman–Crippen MR) is 284 cm³/mol.